The SMILES string of the molecule is CC(C)Cc1ccc(C(=O)N2CCC[C@H](c3nccn3C)C2)cc1. The Morgan fingerprint density at radius 3 is 2.67 bits per heavy atom. The van der Waals surface area contributed by atoms with Gasteiger partial charge in [-0.05, 0) is 42.9 Å². The Balaban J connectivity index is 1.69. The van der Waals surface area contributed by atoms with Crippen LogP contribution in [0.5, 0.6) is 0 Å². The van der Waals surface area contributed by atoms with Crippen LogP contribution in [0.25, 0.3) is 0 Å². The minimum Gasteiger partial charge on any atom is -0.338 e. The van der Waals surface area contributed by atoms with Gasteiger partial charge in [-0.1, -0.05) is 26.0 Å². The lowest BCUT2D eigenvalue weighted by Crippen LogP contribution is -2.39. The normalized spacial score (nSPS) is 18.2. The van der Waals surface area contributed by atoms with E-state index in [1.54, 1.807) is 0 Å². The molecule has 1 aromatic heterocycles. The molecule has 1 aromatic carbocycles. The predicted octanol–water partition coefficient (Wildman–Crippen LogP) is 3.64. The Morgan fingerprint density at radius 2 is 2.04 bits per heavy atom. The van der Waals surface area contributed by atoms with E-state index in [1.807, 2.05) is 36.5 Å². The van der Waals surface area contributed by atoms with E-state index in [1.165, 1.54) is 5.56 Å². The predicted molar refractivity (Wildman–Crippen MR) is 96.1 cm³/mol. The number of nitrogens with zero attached hydrogens (tertiary/aromatic N) is 3. The maximum absolute atomic E-state index is 12.8. The molecule has 1 amide bonds. The fourth-order valence-corrected chi connectivity index (χ4v) is 3.58. The fraction of sp³-hybridized carbons (Fsp3) is 0.500. The summed E-state index contributed by atoms with van der Waals surface area (Å²) in [5.74, 6) is 2.19. The summed E-state index contributed by atoms with van der Waals surface area (Å²) < 4.78 is 2.07. The van der Waals surface area contributed by atoms with Gasteiger partial charge in [0.25, 0.3) is 5.91 Å². The second kappa shape index (κ2) is 7.20. The van der Waals surface area contributed by atoms with Crippen LogP contribution in [0, 0.1) is 5.92 Å². The standard InChI is InChI=1S/C20H27N3O/c1-15(2)13-16-6-8-17(9-7-16)20(24)23-11-4-5-18(14-23)19-21-10-12-22(19)3/h6-10,12,15,18H,4-5,11,13-14H2,1-3H3/t18-/m0/s1. The van der Waals surface area contributed by atoms with Crippen molar-refractivity contribution in [1.29, 1.82) is 0 Å². The second-order valence-electron chi connectivity index (χ2n) is 7.28. The summed E-state index contributed by atoms with van der Waals surface area (Å²) in [4.78, 5) is 19.3. The van der Waals surface area contributed by atoms with Crippen molar-refractivity contribution in [2.45, 2.75) is 39.0 Å². The lowest BCUT2D eigenvalue weighted by molar-refractivity contribution is 0.0703. The third-order valence-corrected chi connectivity index (χ3v) is 4.78. The molecule has 1 atom stereocenters. The first kappa shape index (κ1) is 16.7. The van der Waals surface area contributed by atoms with Crippen molar-refractivity contribution in [3.05, 3.63) is 53.6 Å². The van der Waals surface area contributed by atoms with Gasteiger partial charge in [0.1, 0.15) is 5.82 Å². The van der Waals surface area contributed by atoms with Crippen LogP contribution in [-0.2, 0) is 13.5 Å². The lowest BCUT2D eigenvalue weighted by Gasteiger charge is -2.32. The molecule has 2 heterocycles. The molecule has 128 valence electrons. The molecule has 4 heteroatoms. The average molecular weight is 325 g/mol. The Kier molecular flexibility index (Phi) is 5.03. The average Bonchev–Trinajstić information content (AvgIpc) is 3.00. The van der Waals surface area contributed by atoms with E-state index < -0.39 is 0 Å². The van der Waals surface area contributed by atoms with Crippen molar-refractivity contribution in [3.63, 3.8) is 0 Å². The maximum Gasteiger partial charge on any atom is 0.253 e. The van der Waals surface area contributed by atoms with E-state index in [0.717, 1.165) is 43.7 Å². The Labute approximate surface area is 144 Å². The zero-order chi connectivity index (χ0) is 17.1. The van der Waals surface area contributed by atoms with Crippen molar-refractivity contribution in [1.82, 2.24) is 14.5 Å². The first-order valence-corrected chi connectivity index (χ1v) is 8.90. The van der Waals surface area contributed by atoms with Crippen LogP contribution in [0.15, 0.2) is 36.7 Å². The van der Waals surface area contributed by atoms with E-state index in [2.05, 4.69) is 35.5 Å². The van der Waals surface area contributed by atoms with Gasteiger partial charge in [-0.25, -0.2) is 4.98 Å². The minimum absolute atomic E-state index is 0.144. The lowest BCUT2D eigenvalue weighted by atomic mass is 9.96. The smallest absolute Gasteiger partial charge is 0.253 e. The van der Waals surface area contributed by atoms with Crippen LogP contribution >= 0.6 is 0 Å². The number of benzene rings is 1. The van der Waals surface area contributed by atoms with Crippen molar-refractivity contribution in [3.8, 4) is 0 Å². The van der Waals surface area contributed by atoms with Crippen LogP contribution in [0.4, 0.5) is 0 Å². The largest absolute Gasteiger partial charge is 0.338 e. The van der Waals surface area contributed by atoms with Crippen molar-refractivity contribution in [2.75, 3.05) is 13.1 Å². The summed E-state index contributed by atoms with van der Waals surface area (Å²) in [6, 6.07) is 8.13. The molecular formula is C20H27N3O. The summed E-state index contributed by atoms with van der Waals surface area (Å²) in [5.41, 5.74) is 2.09. The number of piperidine rings is 1. The van der Waals surface area contributed by atoms with Gasteiger partial charge in [0.15, 0.2) is 0 Å². The zero-order valence-electron chi connectivity index (χ0n) is 14.9. The summed E-state index contributed by atoms with van der Waals surface area (Å²) in [6.07, 6.45) is 7.00. The summed E-state index contributed by atoms with van der Waals surface area (Å²) in [5, 5.41) is 0. The maximum atomic E-state index is 12.8. The molecule has 0 aliphatic carbocycles. The number of likely N-dealkylation sites (tertiary alicyclic amines) is 1. The Bertz CT molecular complexity index is 687. The van der Waals surface area contributed by atoms with Crippen molar-refractivity contribution < 1.29 is 4.79 Å². The number of hydrogen-bond donors (Lipinski definition) is 0. The van der Waals surface area contributed by atoms with E-state index in [-0.39, 0.29) is 5.91 Å². The van der Waals surface area contributed by atoms with E-state index >= 15 is 0 Å². The number of carbonyl (C=O) groups excluding carboxylic acids is 1. The van der Waals surface area contributed by atoms with Gasteiger partial charge >= 0.3 is 0 Å². The molecule has 1 aliphatic rings. The molecule has 0 radical (unpaired) electrons. The van der Waals surface area contributed by atoms with Crippen molar-refractivity contribution >= 4 is 5.91 Å². The van der Waals surface area contributed by atoms with E-state index in [9.17, 15) is 4.79 Å². The highest BCUT2D eigenvalue weighted by atomic mass is 16.2. The number of hydrogen-bond acceptors (Lipinski definition) is 2. The topological polar surface area (TPSA) is 38.1 Å². The molecular weight excluding hydrogens is 298 g/mol. The van der Waals surface area contributed by atoms with Gasteiger partial charge in [-0.3, -0.25) is 4.79 Å². The van der Waals surface area contributed by atoms with Crippen LogP contribution < -0.4 is 0 Å². The second-order valence-corrected chi connectivity index (χ2v) is 7.28. The van der Waals surface area contributed by atoms with E-state index in [0.29, 0.717) is 11.8 Å². The van der Waals surface area contributed by atoms with Gasteiger partial charge in [-0.2, -0.15) is 0 Å². The molecule has 1 fully saturated rings. The highest BCUT2D eigenvalue weighted by molar-refractivity contribution is 5.94. The van der Waals surface area contributed by atoms with Crippen molar-refractivity contribution in [2.24, 2.45) is 13.0 Å². The highest BCUT2D eigenvalue weighted by Gasteiger charge is 2.27. The number of aromatic nitrogens is 2. The van der Waals surface area contributed by atoms with Gasteiger partial charge in [0, 0.05) is 44.0 Å². The minimum atomic E-state index is 0.144. The number of rotatable bonds is 4. The molecule has 4 nitrogen and oxygen atoms in total. The first-order valence-electron chi connectivity index (χ1n) is 8.90. The zero-order valence-corrected chi connectivity index (χ0v) is 14.9. The molecule has 1 saturated heterocycles. The van der Waals surface area contributed by atoms with Gasteiger partial charge in [-0.15, -0.1) is 0 Å². The van der Waals surface area contributed by atoms with E-state index in [4.69, 9.17) is 0 Å². The molecule has 1 aliphatic heterocycles. The Morgan fingerprint density at radius 1 is 1.29 bits per heavy atom. The molecule has 0 unspecified atom stereocenters. The number of imidazole rings is 1. The first-order chi connectivity index (χ1) is 11.5. The molecule has 0 bridgehead atoms. The van der Waals surface area contributed by atoms with Gasteiger partial charge in [0.05, 0.1) is 0 Å². The third kappa shape index (κ3) is 3.69. The number of aryl methyl sites for hydroxylation is 1. The molecule has 0 spiro atoms. The highest BCUT2D eigenvalue weighted by Crippen LogP contribution is 2.26. The molecule has 3 rings (SSSR count). The summed E-state index contributed by atoms with van der Waals surface area (Å²) in [7, 11) is 2.02. The van der Waals surface area contributed by atoms with Gasteiger partial charge in [0.2, 0.25) is 0 Å². The number of amides is 1. The molecule has 0 N–H and O–H groups in total. The van der Waals surface area contributed by atoms with Crippen LogP contribution in [0.1, 0.15) is 54.4 Å². The Hall–Kier alpha value is -2.10. The summed E-state index contributed by atoms with van der Waals surface area (Å²) >= 11 is 0. The van der Waals surface area contributed by atoms with Gasteiger partial charge < -0.3 is 9.47 Å². The van der Waals surface area contributed by atoms with Crippen LogP contribution in [-0.4, -0.2) is 33.4 Å². The number of carbonyl (C=O) groups is 1. The summed E-state index contributed by atoms with van der Waals surface area (Å²) in [6.45, 7) is 6.03. The van der Waals surface area contributed by atoms with Crippen LogP contribution in [0.2, 0.25) is 0 Å². The third-order valence-electron chi connectivity index (χ3n) is 4.78. The van der Waals surface area contributed by atoms with Crippen LogP contribution in [0.3, 0.4) is 0 Å². The molecule has 2 aromatic rings. The molecule has 0 saturated carbocycles. The monoisotopic (exact) mass is 325 g/mol. The molecule has 24 heavy (non-hydrogen) atoms. The fourth-order valence-electron chi connectivity index (χ4n) is 3.58. The quantitative estimate of drug-likeness (QED) is 0.861.